The first-order valence-electron chi connectivity index (χ1n) is 9.85. The van der Waals surface area contributed by atoms with E-state index in [9.17, 15) is 4.79 Å². The van der Waals surface area contributed by atoms with Gasteiger partial charge in [-0.25, -0.2) is 0 Å². The number of amides is 1. The van der Waals surface area contributed by atoms with Crippen LogP contribution in [0.25, 0.3) is 0 Å². The Kier molecular flexibility index (Phi) is 6.30. The lowest BCUT2D eigenvalue weighted by Gasteiger charge is -2.34. The van der Waals surface area contributed by atoms with E-state index >= 15 is 0 Å². The van der Waals surface area contributed by atoms with Crippen LogP contribution in [0.4, 0.5) is 0 Å². The number of halogens is 1. The molecule has 1 aliphatic heterocycles. The molecule has 3 aromatic rings. The highest BCUT2D eigenvalue weighted by molar-refractivity contribution is 6.30. The Morgan fingerprint density at radius 2 is 1.90 bits per heavy atom. The van der Waals surface area contributed by atoms with E-state index in [0.717, 1.165) is 24.7 Å². The number of hydrogen-bond acceptors (Lipinski definition) is 6. The van der Waals surface area contributed by atoms with E-state index in [0.29, 0.717) is 36.1 Å². The second kappa shape index (κ2) is 9.28. The molecule has 1 aromatic heterocycles. The minimum Gasteiger partial charge on any atom is -0.485 e. The first kappa shape index (κ1) is 20.4. The first-order chi connectivity index (χ1) is 14.6. The van der Waals surface area contributed by atoms with Gasteiger partial charge in [0, 0.05) is 50.2 Å². The Hall–Kier alpha value is -2.90. The van der Waals surface area contributed by atoms with E-state index < -0.39 is 0 Å². The molecule has 4 rings (SSSR count). The molecule has 8 heteroatoms. The lowest BCUT2D eigenvalue weighted by Crippen LogP contribution is -2.48. The predicted octanol–water partition coefficient (Wildman–Crippen LogP) is 3.57. The van der Waals surface area contributed by atoms with Crippen LogP contribution in [0.2, 0.25) is 5.02 Å². The molecular weight excluding hydrogens is 404 g/mol. The molecule has 1 fully saturated rings. The number of nitrogens with zero attached hydrogens (tertiary/aromatic N) is 4. The molecule has 1 aliphatic rings. The highest BCUT2D eigenvalue weighted by atomic mass is 35.5. The summed E-state index contributed by atoms with van der Waals surface area (Å²) in [5.41, 5.74) is 1.84. The average molecular weight is 427 g/mol. The summed E-state index contributed by atoms with van der Waals surface area (Å²) >= 11 is 6.07. The molecule has 1 saturated heterocycles. The van der Waals surface area contributed by atoms with E-state index in [2.05, 4.69) is 21.1 Å². The standard InChI is InChI=1S/C22H23ClN4O3/c1-16-24-21(25-30-16)15-29-20-7-5-18(6-8-20)22(28)27-11-9-26(10-12-27)14-17-3-2-4-19(23)13-17/h2-8,13H,9-12,14-15H2,1H3. The van der Waals surface area contributed by atoms with E-state index in [1.54, 1.807) is 31.2 Å². The van der Waals surface area contributed by atoms with Crippen molar-refractivity contribution in [3.05, 3.63) is 76.4 Å². The number of benzene rings is 2. The molecule has 0 aliphatic carbocycles. The van der Waals surface area contributed by atoms with Crippen LogP contribution >= 0.6 is 11.6 Å². The maximum atomic E-state index is 12.8. The van der Waals surface area contributed by atoms with Gasteiger partial charge in [-0.3, -0.25) is 9.69 Å². The highest BCUT2D eigenvalue weighted by Gasteiger charge is 2.22. The van der Waals surface area contributed by atoms with Crippen molar-refractivity contribution in [3.8, 4) is 5.75 Å². The molecular formula is C22H23ClN4O3. The monoisotopic (exact) mass is 426 g/mol. The van der Waals surface area contributed by atoms with Crippen LogP contribution in [0, 0.1) is 6.92 Å². The molecule has 30 heavy (non-hydrogen) atoms. The molecule has 0 bridgehead atoms. The lowest BCUT2D eigenvalue weighted by molar-refractivity contribution is 0.0628. The van der Waals surface area contributed by atoms with Gasteiger partial charge in [0.2, 0.25) is 11.7 Å². The summed E-state index contributed by atoms with van der Waals surface area (Å²) in [5, 5.41) is 4.54. The van der Waals surface area contributed by atoms with Crippen LogP contribution < -0.4 is 4.74 Å². The highest BCUT2D eigenvalue weighted by Crippen LogP contribution is 2.17. The Balaban J connectivity index is 1.27. The van der Waals surface area contributed by atoms with Crippen LogP contribution in [0.5, 0.6) is 5.75 Å². The zero-order chi connectivity index (χ0) is 20.9. The summed E-state index contributed by atoms with van der Waals surface area (Å²) in [5.74, 6) is 1.68. The zero-order valence-electron chi connectivity index (χ0n) is 16.8. The third-order valence-corrected chi connectivity index (χ3v) is 5.23. The summed E-state index contributed by atoms with van der Waals surface area (Å²) < 4.78 is 10.6. The molecule has 0 atom stereocenters. The number of rotatable bonds is 6. The van der Waals surface area contributed by atoms with Crippen molar-refractivity contribution in [2.45, 2.75) is 20.1 Å². The Labute approximate surface area is 180 Å². The molecule has 1 amide bonds. The largest absolute Gasteiger partial charge is 0.485 e. The van der Waals surface area contributed by atoms with E-state index in [1.165, 1.54) is 5.56 Å². The maximum Gasteiger partial charge on any atom is 0.253 e. The van der Waals surface area contributed by atoms with E-state index in [1.807, 2.05) is 23.1 Å². The van der Waals surface area contributed by atoms with Crippen molar-refractivity contribution in [1.82, 2.24) is 19.9 Å². The van der Waals surface area contributed by atoms with Crippen LogP contribution in [0.3, 0.4) is 0 Å². The summed E-state index contributed by atoms with van der Waals surface area (Å²) in [6, 6.07) is 15.1. The van der Waals surface area contributed by atoms with Gasteiger partial charge in [-0.2, -0.15) is 4.98 Å². The van der Waals surface area contributed by atoms with Crippen LogP contribution in [0.1, 0.15) is 27.6 Å². The predicted molar refractivity (Wildman–Crippen MR) is 112 cm³/mol. The number of hydrogen-bond donors (Lipinski definition) is 0. The maximum absolute atomic E-state index is 12.8. The number of aromatic nitrogens is 2. The lowest BCUT2D eigenvalue weighted by atomic mass is 10.1. The molecule has 2 aromatic carbocycles. The topological polar surface area (TPSA) is 71.7 Å². The Morgan fingerprint density at radius 3 is 2.57 bits per heavy atom. The minimum atomic E-state index is 0.0396. The fourth-order valence-electron chi connectivity index (χ4n) is 3.43. The summed E-state index contributed by atoms with van der Waals surface area (Å²) in [6.07, 6.45) is 0. The minimum absolute atomic E-state index is 0.0396. The summed E-state index contributed by atoms with van der Waals surface area (Å²) in [7, 11) is 0. The van der Waals surface area contributed by atoms with Crippen LogP contribution in [-0.2, 0) is 13.2 Å². The number of aryl methyl sites for hydroxylation is 1. The number of carbonyl (C=O) groups excluding carboxylic acids is 1. The van der Waals surface area contributed by atoms with Gasteiger partial charge in [0.25, 0.3) is 5.91 Å². The van der Waals surface area contributed by atoms with Crippen molar-refractivity contribution in [2.75, 3.05) is 26.2 Å². The van der Waals surface area contributed by atoms with Crippen LogP contribution in [-0.4, -0.2) is 52.0 Å². The molecule has 156 valence electrons. The van der Waals surface area contributed by atoms with Gasteiger partial charge in [0.1, 0.15) is 5.75 Å². The molecule has 7 nitrogen and oxygen atoms in total. The molecule has 0 unspecified atom stereocenters. The normalized spacial score (nSPS) is 14.7. The van der Waals surface area contributed by atoms with Gasteiger partial charge in [0.05, 0.1) is 0 Å². The third kappa shape index (κ3) is 5.17. The zero-order valence-corrected chi connectivity index (χ0v) is 17.5. The van der Waals surface area contributed by atoms with Gasteiger partial charge in [-0.15, -0.1) is 0 Å². The number of ether oxygens (including phenoxy) is 1. The SMILES string of the molecule is Cc1nc(COc2ccc(C(=O)N3CCN(Cc4cccc(Cl)c4)CC3)cc2)no1. The Bertz CT molecular complexity index is 998. The summed E-state index contributed by atoms with van der Waals surface area (Å²) in [6.45, 7) is 5.87. The van der Waals surface area contributed by atoms with Gasteiger partial charge >= 0.3 is 0 Å². The quantitative estimate of drug-likeness (QED) is 0.600. The van der Waals surface area contributed by atoms with Gasteiger partial charge in [-0.1, -0.05) is 28.9 Å². The second-order valence-corrected chi connectivity index (χ2v) is 7.68. The fraction of sp³-hybridized carbons (Fsp3) is 0.318. The fourth-order valence-corrected chi connectivity index (χ4v) is 3.64. The second-order valence-electron chi connectivity index (χ2n) is 7.24. The molecule has 0 spiro atoms. The summed E-state index contributed by atoms with van der Waals surface area (Å²) in [4.78, 5) is 21.1. The third-order valence-electron chi connectivity index (χ3n) is 4.99. The smallest absolute Gasteiger partial charge is 0.253 e. The van der Waals surface area contributed by atoms with Gasteiger partial charge in [-0.05, 0) is 42.0 Å². The van der Waals surface area contributed by atoms with E-state index in [4.69, 9.17) is 20.9 Å². The number of carbonyl (C=O) groups is 1. The van der Waals surface area contributed by atoms with Gasteiger partial charge < -0.3 is 14.2 Å². The van der Waals surface area contributed by atoms with Crippen LogP contribution in [0.15, 0.2) is 53.1 Å². The first-order valence-corrected chi connectivity index (χ1v) is 10.2. The van der Waals surface area contributed by atoms with Crippen molar-refractivity contribution in [2.24, 2.45) is 0 Å². The van der Waals surface area contributed by atoms with Crippen molar-refractivity contribution < 1.29 is 14.1 Å². The molecule has 0 radical (unpaired) electrons. The average Bonchev–Trinajstić information content (AvgIpc) is 3.18. The molecule has 2 heterocycles. The van der Waals surface area contributed by atoms with Crippen molar-refractivity contribution >= 4 is 17.5 Å². The molecule has 0 saturated carbocycles. The van der Waals surface area contributed by atoms with Gasteiger partial charge in [0.15, 0.2) is 6.61 Å². The van der Waals surface area contributed by atoms with Crippen molar-refractivity contribution in [1.29, 1.82) is 0 Å². The van der Waals surface area contributed by atoms with Crippen molar-refractivity contribution in [3.63, 3.8) is 0 Å². The van der Waals surface area contributed by atoms with E-state index in [-0.39, 0.29) is 12.5 Å². The Morgan fingerprint density at radius 1 is 1.13 bits per heavy atom. The number of piperazine rings is 1. The molecule has 0 N–H and O–H groups in total.